The summed E-state index contributed by atoms with van der Waals surface area (Å²) in [5, 5.41) is 0. The van der Waals surface area contributed by atoms with Crippen LogP contribution < -0.4 is 0 Å². The minimum Gasteiger partial charge on any atom is -0.197 e. The van der Waals surface area contributed by atoms with Gasteiger partial charge in [-0.15, -0.1) is 0 Å². The second kappa shape index (κ2) is 5.79. The molecule has 62 valence electrons. The molecule has 0 aliphatic rings. The summed E-state index contributed by atoms with van der Waals surface area (Å²) >= 11 is 0. The number of hydrogen-bond acceptors (Lipinski definition) is 0. The predicted molar refractivity (Wildman–Crippen MR) is 45.4 cm³/mol. The molecule has 0 aliphatic heterocycles. The Bertz CT molecular complexity index is 103. The molecule has 0 saturated heterocycles. The lowest BCUT2D eigenvalue weighted by molar-refractivity contribution is 0.146. The molecule has 0 fully saturated rings. The summed E-state index contributed by atoms with van der Waals surface area (Å²) in [5.74, 6) is 0. The van der Waals surface area contributed by atoms with Crippen LogP contribution in [0.5, 0.6) is 0 Å². The number of rotatable bonds is 1. The van der Waals surface area contributed by atoms with Gasteiger partial charge in [0.05, 0.1) is 0 Å². The molecule has 0 saturated carbocycles. The maximum atomic E-state index is 12.0. The van der Waals surface area contributed by atoms with Crippen molar-refractivity contribution in [1.82, 2.24) is 0 Å². The third-order valence-corrected chi connectivity index (χ3v) is 1.41. The molecule has 1 unspecified atom stereocenters. The van der Waals surface area contributed by atoms with Crippen molar-refractivity contribution in [3.8, 4) is 0 Å². The predicted octanol–water partition coefficient (Wildman–Crippen LogP) is 3.45. The summed E-state index contributed by atoms with van der Waals surface area (Å²) in [6, 6.07) is 0. The topological polar surface area (TPSA) is 0 Å². The molecule has 0 rings (SSSR count). The Morgan fingerprint density at radius 2 is 1.70 bits per heavy atom. The third kappa shape index (κ3) is 6.15. The Morgan fingerprint density at radius 3 is 1.70 bits per heavy atom. The van der Waals surface area contributed by atoms with Crippen molar-refractivity contribution in [3.05, 3.63) is 11.6 Å². The third-order valence-electron chi connectivity index (χ3n) is 0.959. The molecule has 0 heterocycles. The van der Waals surface area contributed by atoms with Crippen LogP contribution in [-0.2, 0) is 0 Å². The van der Waals surface area contributed by atoms with Gasteiger partial charge in [0.15, 0.2) is 0 Å². The van der Waals surface area contributed by atoms with Crippen LogP contribution in [-0.4, -0.2) is 5.66 Å². The van der Waals surface area contributed by atoms with Crippen molar-refractivity contribution in [2.24, 2.45) is 0 Å². The van der Waals surface area contributed by atoms with Crippen molar-refractivity contribution in [1.29, 1.82) is 0 Å². The molecule has 0 amide bonds. The van der Waals surface area contributed by atoms with Gasteiger partial charge in [-0.1, -0.05) is 29.2 Å². The van der Waals surface area contributed by atoms with Crippen molar-refractivity contribution in [2.45, 2.75) is 33.4 Å². The van der Waals surface area contributed by atoms with Crippen LogP contribution in [0.4, 0.5) is 8.78 Å². The molecule has 10 heavy (non-hydrogen) atoms. The van der Waals surface area contributed by atoms with Crippen LogP contribution in [0.1, 0.15) is 27.7 Å². The molecule has 0 nitrogen and oxygen atoms in total. The van der Waals surface area contributed by atoms with Gasteiger partial charge in [0.2, 0.25) is 0 Å². The number of allylic oxidation sites excluding steroid dienone is 2. The molecule has 0 radical (unpaired) electrons. The van der Waals surface area contributed by atoms with Crippen LogP contribution in [0.2, 0.25) is 0 Å². The van der Waals surface area contributed by atoms with Gasteiger partial charge in [-0.3, -0.25) is 0 Å². The molecular weight excluding hydrogens is 153 g/mol. The minimum absolute atomic E-state index is 0.0856. The molecule has 3 heteroatoms. The highest BCUT2D eigenvalue weighted by Crippen LogP contribution is 2.30. The average molecular weight is 168 g/mol. The Kier molecular flexibility index (Phi) is 7.34. The second-order valence-electron chi connectivity index (χ2n) is 1.59. The van der Waals surface area contributed by atoms with Crippen LogP contribution in [0, 0.1) is 0 Å². The van der Waals surface area contributed by atoms with Crippen LogP contribution in [0.3, 0.4) is 0 Å². The number of halogens is 2. The monoisotopic (exact) mass is 168 g/mol. The van der Waals surface area contributed by atoms with Gasteiger partial charge in [0.1, 0.15) is 0 Å². The quantitative estimate of drug-likeness (QED) is 0.415. The largest absolute Gasteiger partial charge is 0.279 e. The van der Waals surface area contributed by atoms with E-state index in [-0.39, 0.29) is 5.57 Å². The van der Waals surface area contributed by atoms with Crippen molar-refractivity contribution >= 4 is 9.24 Å². The van der Waals surface area contributed by atoms with Crippen LogP contribution in [0.15, 0.2) is 11.6 Å². The highest BCUT2D eigenvalue weighted by atomic mass is 31.0. The van der Waals surface area contributed by atoms with E-state index in [1.165, 1.54) is 22.2 Å². The number of hydrogen-bond donors (Lipinski definition) is 0. The van der Waals surface area contributed by atoms with Gasteiger partial charge < -0.3 is 0 Å². The second-order valence-corrected chi connectivity index (χ2v) is 2.32. The van der Waals surface area contributed by atoms with Gasteiger partial charge in [0, 0.05) is 0 Å². The molecule has 0 aliphatic carbocycles. The standard InChI is InChI=1S/C5H9F2P.C2H6/c1-3-4(2)5(6,7)8;1-2/h3H,8H2,1-2H3;1-2H3/b4-3+;. The summed E-state index contributed by atoms with van der Waals surface area (Å²) in [5.41, 5.74) is -2.63. The number of alkyl halides is 2. The molecular formula is C7H15F2P. The van der Waals surface area contributed by atoms with Crippen LogP contribution in [0.25, 0.3) is 0 Å². The first-order valence-electron chi connectivity index (χ1n) is 3.28. The molecule has 0 bridgehead atoms. The van der Waals surface area contributed by atoms with E-state index in [2.05, 4.69) is 0 Å². The first-order valence-corrected chi connectivity index (χ1v) is 3.86. The fourth-order valence-electron chi connectivity index (χ4n) is 0.192. The van der Waals surface area contributed by atoms with Gasteiger partial charge in [-0.2, -0.15) is 8.78 Å². The van der Waals surface area contributed by atoms with Crippen molar-refractivity contribution < 1.29 is 8.78 Å². The fourth-order valence-corrected chi connectivity index (χ4v) is 0.359. The van der Waals surface area contributed by atoms with Crippen LogP contribution >= 0.6 is 9.24 Å². The molecule has 0 spiro atoms. The first-order chi connectivity index (χ1) is 4.48. The van der Waals surface area contributed by atoms with E-state index in [4.69, 9.17) is 0 Å². The lowest BCUT2D eigenvalue weighted by Crippen LogP contribution is -2.04. The van der Waals surface area contributed by atoms with Gasteiger partial charge in [-0.05, 0) is 19.4 Å². The molecule has 0 aromatic carbocycles. The van der Waals surface area contributed by atoms with Gasteiger partial charge >= 0.3 is 0 Å². The summed E-state index contributed by atoms with van der Waals surface area (Å²) in [6.45, 7) is 6.99. The maximum absolute atomic E-state index is 12.0. The molecule has 1 atom stereocenters. The maximum Gasteiger partial charge on any atom is 0.279 e. The lowest BCUT2D eigenvalue weighted by atomic mass is 10.3. The Labute approximate surface area is 63.9 Å². The summed E-state index contributed by atoms with van der Waals surface area (Å²) in [7, 11) is 1.47. The Hall–Kier alpha value is 0.0300. The van der Waals surface area contributed by atoms with Crippen molar-refractivity contribution in [2.75, 3.05) is 0 Å². The van der Waals surface area contributed by atoms with E-state index >= 15 is 0 Å². The zero-order valence-corrected chi connectivity index (χ0v) is 8.07. The molecule has 0 N–H and O–H groups in total. The first kappa shape index (κ1) is 12.7. The van der Waals surface area contributed by atoms with Crippen molar-refractivity contribution in [3.63, 3.8) is 0 Å². The smallest absolute Gasteiger partial charge is 0.197 e. The fraction of sp³-hybridized carbons (Fsp3) is 0.714. The average Bonchev–Trinajstić information content (AvgIpc) is 1.89. The van der Waals surface area contributed by atoms with E-state index in [1.807, 2.05) is 13.8 Å². The van der Waals surface area contributed by atoms with E-state index in [0.29, 0.717) is 0 Å². The summed E-state index contributed by atoms with van der Waals surface area (Å²) in [4.78, 5) is 0. The highest BCUT2D eigenvalue weighted by Gasteiger charge is 2.22. The SMILES string of the molecule is C/C=C(\C)C(F)(F)P.CC. The van der Waals surface area contributed by atoms with E-state index in [1.54, 1.807) is 6.92 Å². The zero-order chi connectivity index (χ0) is 8.78. The molecule has 0 aromatic rings. The lowest BCUT2D eigenvalue weighted by Gasteiger charge is -2.08. The van der Waals surface area contributed by atoms with Gasteiger partial charge in [0.25, 0.3) is 5.66 Å². The van der Waals surface area contributed by atoms with E-state index < -0.39 is 5.66 Å². The normalized spacial score (nSPS) is 12.1. The summed E-state index contributed by atoms with van der Waals surface area (Å²) in [6.07, 6.45) is 1.40. The summed E-state index contributed by atoms with van der Waals surface area (Å²) < 4.78 is 24.0. The molecule has 0 aromatic heterocycles. The van der Waals surface area contributed by atoms with E-state index in [9.17, 15) is 8.78 Å². The Balaban J connectivity index is 0. The zero-order valence-electron chi connectivity index (χ0n) is 6.91. The Morgan fingerprint density at radius 1 is 1.40 bits per heavy atom. The van der Waals surface area contributed by atoms with E-state index in [0.717, 1.165) is 0 Å². The minimum atomic E-state index is -2.71. The highest BCUT2D eigenvalue weighted by molar-refractivity contribution is 7.18. The van der Waals surface area contributed by atoms with Gasteiger partial charge in [-0.25, -0.2) is 0 Å².